The number of thiazole rings is 1. The van der Waals surface area contributed by atoms with E-state index in [1.807, 2.05) is 31.2 Å². The Kier molecular flexibility index (Phi) is 6.71. The van der Waals surface area contributed by atoms with Crippen LogP contribution in [0.2, 0.25) is 0 Å². The summed E-state index contributed by atoms with van der Waals surface area (Å²) in [5.41, 5.74) is 2.62. The first-order valence-electron chi connectivity index (χ1n) is 11.6. The van der Waals surface area contributed by atoms with Crippen LogP contribution >= 0.6 is 11.3 Å². The molecule has 4 aromatic rings. The molecular formula is C28H21N3O6S. The third-order valence-corrected chi connectivity index (χ3v) is 7.04. The van der Waals surface area contributed by atoms with Crippen molar-refractivity contribution in [3.8, 4) is 5.75 Å². The maximum Gasteiger partial charge on any atom is 0.301 e. The monoisotopic (exact) mass is 527 g/mol. The molecule has 5 rings (SSSR count). The number of aliphatic hydroxyl groups excluding tert-OH is 1. The number of hydrogen-bond donors (Lipinski definition) is 1. The SMILES string of the molecule is Cc1ccccc1COc1ccc(C(O)=C2C(=O)C(=O)N(c3nccs3)C2c2ccc([N+](=O)[O-])cc2)cc1. The molecule has 1 saturated heterocycles. The van der Waals surface area contributed by atoms with Gasteiger partial charge in [0, 0.05) is 29.3 Å². The summed E-state index contributed by atoms with van der Waals surface area (Å²) in [4.78, 5) is 42.2. The van der Waals surface area contributed by atoms with Gasteiger partial charge in [-0.15, -0.1) is 11.3 Å². The molecule has 1 aliphatic heterocycles. The fourth-order valence-electron chi connectivity index (χ4n) is 4.26. The van der Waals surface area contributed by atoms with Crippen LogP contribution in [0.1, 0.15) is 28.3 Å². The number of nitro benzene ring substituents is 1. The number of ketones is 1. The van der Waals surface area contributed by atoms with E-state index in [4.69, 9.17) is 4.74 Å². The number of non-ortho nitro benzene ring substituents is 1. The first kappa shape index (κ1) is 24.8. The van der Waals surface area contributed by atoms with Crippen molar-refractivity contribution in [1.29, 1.82) is 0 Å². The van der Waals surface area contributed by atoms with Gasteiger partial charge in [0.15, 0.2) is 5.13 Å². The lowest BCUT2D eigenvalue weighted by Gasteiger charge is -2.22. The van der Waals surface area contributed by atoms with E-state index >= 15 is 0 Å². The molecule has 1 aromatic heterocycles. The Morgan fingerprint density at radius 3 is 2.42 bits per heavy atom. The molecule has 3 aromatic carbocycles. The van der Waals surface area contributed by atoms with Gasteiger partial charge in [-0.3, -0.25) is 24.6 Å². The number of amides is 1. The Labute approximate surface area is 221 Å². The molecule has 1 unspecified atom stereocenters. The summed E-state index contributed by atoms with van der Waals surface area (Å²) in [6.45, 7) is 2.37. The smallest absolute Gasteiger partial charge is 0.301 e. The molecule has 38 heavy (non-hydrogen) atoms. The number of anilines is 1. The highest BCUT2D eigenvalue weighted by molar-refractivity contribution is 7.14. The number of nitro groups is 1. The Hall–Kier alpha value is -4.83. The van der Waals surface area contributed by atoms with Crippen molar-refractivity contribution in [1.82, 2.24) is 4.98 Å². The molecule has 0 bridgehead atoms. The zero-order chi connectivity index (χ0) is 26.8. The van der Waals surface area contributed by atoms with E-state index in [2.05, 4.69) is 4.98 Å². The Balaban J connectivity index is 1.50. The summed E-state index contributed by atoms with van der Waals surface area (Å²) >= 11 is 1.16. The minimum Gasteiger partial charge on any atom is -0.507 e. The van der Waals surface area contributed by atoms with Crippen molar-refractivity contribution >= 4 is 39.6 Å². The fourth-order valence-corrected chi connectivity index (χ4v) is 4.92. The van der Waals surface area contributed by atoms with E-state index in [0.29, 0.717) is 23.5 Å². The molecule has 1 aliphatic rings. The maximum absolute atomic E-state index is 13.2. The molecule has 0 spiro atoms. The Morgan fingerprint density at radius 2 is 1.79 bits per heavy atom. The Bertz CT molecular complexity index is 1550. The predicted molar refractivity (Wildman–Crippen MR) is 142 cm³/mol. The van der Waals surface area contributed by atoms with E-state index in [1.165, 1.54) is 35.4 Å². The van der Waals surface area contributed by atoms with Crippen LogP contribution in [-0.4, -0.2) is 26.7 Å². The molecule has 1 atom stereocenters. The highest BCUT2D eigenvalue weighted by Gasteiger charge is 2.48. The molecule has 1 N–H and O–H groups in total. The van der Waals surface area contributed by atoms with E-state index in [1.54, 1.807) is 29.6 Å². The largest absolute Gasteiger partial charge is 0.507 e. The van der Waals surface area contributed by atoms with Crippen molar-refractivity contribution < 1.29 is 24.4 Å². The minimum atomic E-state index is -1.01. The zero-order valence-electron chi connectivity index (χ0n) is 20.1. The minimum absolute atomic E-state index is 0.132. The molecule has 10 heteroatoms. The number of benzene rings is 3. The van der Waals surface area contributed by atoms with Crippen LogP contribution < -0.4 is 9.64 Å². The number of carbonyl (C=O) groups excluding carboxylic acids is 2. The van der Waals surface area contributed by atoms with Gasteiger partial charge in [-0.2, -0.15) is 0 Å². The van der Waals surface area contributed by atoms with Gasteiger partial charge in [-0.05, 0) is 60.0 Å². The lowest BCUT2D eigenvalue weighted by Crippen LogP contribution is -2.29. The van der Waals surface area contributed by atoms with Crippen molar-refractivity contribution in [2.45, 2.75) is 19.6 Å². The van der Waals surface area contributed by atoms with Crippen molar-refractivity contribution in [2.75, 3.05) is 4.90 Å². The van der Waals surface area contributed by atoms with Gasteiger partial charge in [0.25, 0.3) is 11.5 Å². The molecule has 0 saturated carbocycles. The molecule has 2 heterocycles. The third kappa shape index (κ3) is 4.64. The molecule has 190 valence electrons. The number of aromatic nitrogens is 1. The normalized spacial score (nSPS) is 16.6. The van der Waals surface area contributed by atoms with Gasteiger partial charge in [0.2, 0.25) is 0 Å². The van der Waals surface area contributed by atoms with E-state index in [-0.39, 0.29) is 22.2 Å². The summed E-state index contributed by atoms with van der Waals surface area (Å²) in [5, 5.41) is 24.3. The highest BCUT2D eigenvalue weighted by atomic mass is 32.1. The summed E-state index contributed by atoms with van der Waals surface area (Å²) < 4.78 is 5.87. The highest BCUT2D eigenvalue weighted by Crippen LogP contribution is 2.43. The maximum atomic E-state index is 13.2. The van der Waals surface area contributed by atoms with Crippen LogP contribution in [-0.2, 0) is 16.2 Å². The van der Waals surface area contributed by atoms with Crippen molar-refractivity contribution in [3.63, 3.8) is 0 Å². The second-order valence-electron chi connectivity index (χ2n) is 8.57. The van der Waals surface area contributed by atoms with Crippen LogP contribution in [0.4, 0.5) is 10.8 Å². The average Bonchev–Trinajstić information content (AvgIpc) is 3.55. The van der Waals surface area contributed by atoms with Crippen LogP contribution in [0.3, 0.4) is 0 Å². The van der Waals surface area contributed by atoms with E-state index in [9.17, 15) is 24.8 Å². The lowest BCUT2D eigenvalue weighted by molar-refractivity contribution is -0.384. The first-order chi connectivity index (χ1) is 18.3. The number of hydrogen-bond acceptors (Lipinski definition) is 8. The van der Waals surface area contributed by atoms with Gasteiger partial charge in [-0.25, -0.2) is 4.98 Å². The average molecular weight is 528 g/mol. The molecular weight excluding hydrogens is 506 g/mol. The number of aliphatic hydroxyl groups is 1. The van der Waals surface area contributed by atoms with Crippen molar-refractivity contribution in [3.05, 3.63) is 122 Å². The third-order valence-electron chi connectivity index (χ3n) is 6.27. The molecule has 1 fully saturated rings. The van der Waals surface area contributed by atoms with Crippen LogP contribution in [0.25, 0.3) is 5.76 Å². The molecule has 0 aliphatic carbocycles. The molecule has 1 amide bonds. The number of Topliss-reactive ketones (excluding diaryl/α,β-unsaturated/α-hetero) is 1. The molecule has 0 radical (unpaired) electrons. The number of nitrogens with zero attached hydrogens (tertiary/aromatic N) is 3. The second-order valence-corrected chi connectivity index (χ2v) is 9.44. The zero-order valence-corrected chi connectivity index (χ0v) is 20.9. The van der Waals surface area contributed by atoms with Crippen LogP contribution in [0.15, 0.2) is 89.9 Å². The number of aryl methyl sites for hydroxylation is 1. The number of ether oxygens (including phenoxy) is 1. The topological polar surface area (TPSA) is 123 Å². The van der Waals surface area contributed by atoms with Gasteiger partial charge in [0.05, 0.1) is 16.5 Å². The summed E-state index contributed by atoms with van der Waals surface area (Å²) in [5.74, 6) is -1.51. The van der Waals surface area contributed by atoms with E-state index < -0.39 is 22.7 Å². The molecule has 9 nitrogen and oxygen atoms in total. The van der Waals surface area contributed by atoms with Gasteiger partial charge in [0.1, 0.15) is 18.1 Å². The van der Waals surface area contributed by atoms with Gasteiger partial charge >= 0.3 is 5.91 Å². The summed E-state index contributed by atoms with van der Waals surface area (Å²) in [6, 6.07) is 18.9. The number of carbonyl (C=O) groups is 2. The lowest BCUT2D eigenvalue weighted by atomic mass is 9.95. The summed E-state index contributed by atoms with van der Waals surface area (Å²) in [6.07, 6.45) is 1.50. The van der Waals surface area contributed by atoms with Gasteiger partial charge in [-0.1, -0.05) is 24.3 Å². The number of rotatable bonds is 7. The van der Waals surface area contributed by atoms with Crippen LogP contribution in [0, 0.1) is 17.0 Å². The first-order valence-corrected chi connectivity index (χ1v) is 12.5. The summed E-state index contributed by atoms with van der Waals surface area (Å²) in [7, 11) is 0. The fraction of sp³-hybridized carbons (Fsp3) is 0.107. The quantitative estimate of drug-likeness (QED) is 0.110. The standard InChI is InChI=1S/C28H21N3O6S/c1-17-4-2-3-5-20(17)16-37-22-12-8-19(9-13-22)25(32)23-24(18-6-10-21(11-7-18)31(35)36)30(27(34)26(23)33)28-29-14-15-38-28/h2-15,24,32H,16H2,1H3. The van der Waals surface area contributed by atoms with Crippen LogP contribution in [0.5, 0.6) is 5.75 Å². The Morgan fingerprint density at radius 1 is 1.08 bits per heavy atom. The van der Waals surface area contributed by atoms with Crippen molar-refractivity contribution in [2.24, 2.45) is 0 Å². The van der Waals surface area contributed by atoms with Gasteiger partial charge < -0.3 is 9.84 Å². The second kappa shape index (κ2) is 10.3. The van der Waals surface area contributed by atoms with E-state index in [0.717, 1.165) is 22.5 Å². The predicted octanol–water partition coefficient (Wildman–Crippen LogP) is 5.57.